The summed E-state index contributed by atoms with van der Waals surface area (Å²) in [5.74, 6) is 0. The Morgan fingerprint density at radius 1 is 1.29 bits per heavy atom. The van der Waals surface area contributed by atoms with E-state index in [-0.39, 0.29) is 6.09 Å². The first-order valence-corrected chi connectivity index (χ1v) is 7.47. The van der Waals surface area contributed by atoms with E-state index in [9.17, 15) is 4.79 Å². The molecule has 4 rings (SSSR count). The van der Waals surface area contributed by atoms with E-state index in [4.69, 9.17) is 4.74 Å². The van der Waals surface area contributed by atoms with Crippen molar-refractivity contribution in [2.24, 2.45) is 0 Å². The van der Waals surface area contributed by atoms with E-state index in [1.165, 1.54) is 22.2 Å². The van der Waals surface area contributed by atoms with Crippen LogP contribution in [0.3, 0.4) is 0 Å². The summed E-state index contributed by atoms with van der Waals surface area (Å²) in [6.45, 7) is 8.95. The Bertz CT molecular complexity index is 774. The van der Waals surface area contributed by atoms with Crippen LogP contribution >= 0.6 is 0 Å². The molecule has 0 saturated carbocycles. The molecule has 1 N–H and O–H groups in total. The molecule has 1 unspecified atom stereocenters. The van der Waals surface area contributed by atoms with Crippen molar-refractivity contribution in [2.45, 2.75) is 45.3 Å². The maximum absolute atomic E-state index is 12.4. The molecule has 21 heavy (non-hydrogen) atoms. The highest BCUT2D eigenvalue weighted by Gasteiger charge is 2.59. The molecule has 1 aromatic carbocycles. The Morgan fingerprint density at radius 2 is 2.05 bits per heavy atom. The maximum Gasteiger partial charge on any atom is 0.411 e. The average Bonchev–Trinajstić information content (AvgIpc) is 2.73. The first kappa shape index (κ1) is 12.7. The van der Waals surface area contributed by atoms with Crippen molar-refractivity contribution in [3.63, 3.8) is 0 Å². The molecule has 4 nitrogen and oxygen atoms in total. The van der Waals surface area contributed by atoms with Gasteiger partial charge in [-0.15, -0.1) is 0 Å². The standard InChI is InChI=1S/C17H20N2O2/c1-10-11-8-9-19-15(20)21-16(2,3)17(19,4)12-6-5-7-13(18-10)14(11)12/h5-7,18H,8-9H2,1-4H3. The molecule has 2 aromatic rings. The third kappa shape index (κ3) is 1.33. The van der Waals surface area contributed by atoms with Crippen molar-refractivity contribution in [2.75, 3.05) is 6.54 Å². The normalized spacial score (nSPS) is 26.7. The van der Waals surface area contributed by atoms with Crippen LogP contribution in [-0.2, 0) is 16.7 Å². The van der Waals surface area contributed by atoms with Crippen molar-refractivity contribution in [1.29, 1.82) is 0 Å². The number of rotatable bonds is 0. The zero-order valence-corrected chi connectivity index (χ0v) is 12.9. The first-order valence-electron chi connectivity index (χ1n) is 7.47. The molecular formula is C17H20N2O2. The second-order valence-electron chi connectivity index (χ2n) is 6.81. The van der Waals surface area contributed by atoms with Crippen molar-refractivity contribution < 1.29 is 9.53 Å². The van der Waals surface area contributed by atoms with Gasteiger partial charge in [0.2, 0.25) is 0 Å². The number of carbonyl (C=O) groups is 1. The molecule has 0 aliphatic carbocycles. The summed E-state index contributed by atoms with van der Waals surface area (Å²) < 4.78 is 5.68. The second kappa shape index (κ2) is 3.62. The van der Waals surface area contributed by atoms with Gasteiger partial charge in [-0.2, -0.15) is 0 Å². The van der Waals surface area contributed by atoms with Crippen LogP contribution in [0.15, 0.2) is 18.2 Å². The molecule has 0 spiro atoms. The molecule has 1 saturated heterocycles. The number of benzene rings is 1. The largest absolute Gasteiger partial charge is 0.440 e. The summed E-state index contributed by atoms with van der Waals surface area (Å²) in [4.78, 5) is 17.7. The van der Waals surface area contributed by atoms with E-state index in [1.807, 2.05) is 18.7 Å². The van der Waals surface area contributed by atoms with Gasteiger partial charge in [0.1, 0.15) is 11.1 Å². The van der Waals surface area contributed by atoms with E-state index in [0.717, 1.165) is 11.9 Å². The highest BCUT2D eigenvalue weighted by molar-refractivity contribution is 5.91. The van der Waals surface area contributed by atoms with Gasteiger partial charge in [0.05, 0.1) is 0 Å². The van der Waals surface area contributed by atoms with E-state index in [0.29, 0.717) is 6.54 Å². The second-order valence-corrected chi connectivity index (χ2v) is 6.81. The molecule has 0 radical (unpaired) electrons. The highest BCUT2D eigenvalue weighted by atomic mass is 16.6. The number of nitrogens with one attached hydrogen (secondary N) is 1. The van der Waals surface area contributed by atoms with Gasteiger partial charge < -0.3 is 9.72 Å². The Morgan fingerprint density at radius 3 is 2.81 bits per heavy atom. The lowest BCUT2D eigenvalue weighted by atomic mass is 9.76. The monoisotopic (exact) mass is 284 g/mol. The smallest absolute Gasteiger partial charge is 0.411 e. The minimum absolute atomic E-state index is 0.203. The number of aryl methyl sites for hydroxylation is 1. The van der Waals surface area contributed by atoms with Crippen molar-refractivity contribution in [3.05, 3.63) is 35.0 Å². The summed E-state index contributed by atoms with van der Waals surface area (Å²) in [5.41, 5.74) is 3.88. The minimum atomic E-state index is -0.550. The fraction of sp³-hybridized carbons (Fsp3) is 0.471. The predicted octanol–water partition coefficient (Wildman–Crippen LogP) is 3.48. The van der Waals surface area contributed by atoms with Crippen molar-refractivity contribution >= 4 is 17.0 Å². The van der Waals surface area contributed by atoms with Crippen LogP contribution < -0.4 is 0 Å². The number of hydrogen-bond acceptors (Lipinski definition) is 2. The summed E-state index contributed by atoms with van der Waals surface area (Å²) in [6, 6.07) is 6.31. The average molecular weight is 284 g/mol. The molecule has 1 aromatic heterocycles. The van der Waals surface area contributed by atoms with Gasteiger partial charge in [0, 0.05) is 23.1 Å². The third-order valence-electron chi connectivity index (χ3n) is 5.53. The SMILES string of the molecule is Cc1[nH]c2cccc3c2c1CCN1C(=O)OC(C)(C)C31C. The van der Waals surface area contributed by atoms with Crippen LogP contribution in [-0.4, -0.2) is 28.1 Å². The fourth-order valence-electron chi connectivity index (χ4n) is 4.05. The van der Waals surface area contributed by atoms with Crippen LogP contribution in [0.4, 0.5) is 4.79 Å². The lowest BCUT2D eigenvalue weighted by molar-refractivity contribution is 0.0242. The van der Waals surface area contributed by atoms with E-state index in [2.05, 4.69) is 37.0 Å². The quantitative estimate of drug-likeness (QED) is 0.805. The van der Waals surface area contributed by atoms with E-state index in [1.54, 1.807) is 0 Å². The van der Waals surface area contributed by atoms with Crippen LogP contribution in [0, 0.1) is 6.92 Å². The van der Waals surface area contributed by atoms with Crippen LogP contribution in [0.1, 0.15) is 37.6 Å². The Labute approximate surface area is 124 Å². The molecule has 2 aliphatic heterocycles. The van der Waals surface area contributed by atoms with Crippen molar-refractivity contribution in [3.8, 4) is 0 Å². The number of hydrogen-bond donors (Lipinski definition) is 1. The Kier molecular flexibility index (Phi) is 2.19. The lowest BCUT2D eigenvalue weighted by Gasteiger charge is -2.40. The van der Waals surface area contributed by atoms with Gasteiger partial charge in [-0.3, -0.25) is 4.90 Å². The summed E-state index contributed by atoms with van der Waals surface area (Å²) >= 11 is 0. The molecule has 1 atom stereocenters. The molecule has 4 heteroatoms. The Balaban J connectivity index is 2.12. The van der Waals surface area contributed by atoms with Crippen LogP contribution in [0.25, 0.3) is 10.9 Å². The summed E-state index contributed by atoms with van der Waals surface area (Å²) in [6.07, 6.45) is 0.662. The number of H-pyrrole nitrogens is 1. The number of aromatic amines is 1. The zero-order chi connectivity index (χ0) is 15.0. The number of cyclic esters (lactones) is 1. The predicted molar refractivity (Wildman–Crippen MR) is 81.4 cm³/mol. The minimum Gasteiger partial charge on any atom is -0.440 e. The number of ether oxygens (including phenoxy) is 1. The van der Waals surface area contributed by atoms with E-state index < -0.39 is 11.1 Å². The number of fused-ring (bicyclic) bond motifs is 2. The number of nitrogens with zero attached hydrogens (tertiary/aromatic N) is 1. The van der Waals surface area contributed by atoms with Gasteiger partial charge in [-0.1, -0.05) is 12.1 Å². The molecular weight excluding hydrogens is 264 g/mol. The van der Waals surface area contributed by atoms with Crippen molar-refractivity contribution in [1.82, 2.24) is 9.88 Å². The molecule has 3 heterocycles. The first-order chi connectivity index (χ1) is 9.86. The number of carbonyl (C=O) groups excluding carboxylic acids is 1. The van der Waals surface area contributed by atoms with Gasteiger partial charge in [-0.25, -0.2) is 4.79 Å². The molecule has 110 valence electrons. The summed E-state index contributed by atoms with van der Waals surface area (Å²) in [7, 11) is 0. The fourth-order valence-corrected chi connectivity index (χ4v) is 4.05. The van der Waals surface area contributed by atoms with Gasteiger partial charge in [0.25, 0.3) is 0 Å². The van der Waals surface area contributed by atoms with Gasteiger partial charge in [-0.05, 0) is 51.3 Å². The molecule has 0 bridgehead atoms. The molecule has 1 fully saturated rings. The number of aromatic nitrogens is 1. The topological polar surface area (TPSA) is 45.3 Å². The van der Waals surface area contributed by atoms with Gasteiger partial charge in [0.15, 0.2) is 0 Å². The zero-order valence-electron chi connectivity index (χ0n) is 12.9. The maximum atomic E-state index is 12.4. The van der Waals surface area contributed by atoms with Gasteiger partial charge >= 0.3 is 6.09 Å². The van der Waals surface area contributed by atoms with E-state index >= 15 is 0 Å². The molecule has 1 amide bonds. The van der Waals surface area contributed by atoms with Crippen LogP contribution in [0.5, 0.6) is 0 Å². The Hall–Kier alpha value is -1.97. The van der Waals surface area contributed by atoms with Crippen LogP contribution in [0.2, 0.25) is 0 Å². The third-order valence-corrected chi connectivity index (χ3v) is 5.53. The molecule has 2 aliphatic rings. The lowest BCUT2D eigenvalue weighted by Crippen LogP contribution is -2.50. The number of amides is 1. The highest BCUT2D eigenvalue weighted by Crippen LogP contribution is 2.50. The summed E-state index contributed by atoms with van der Waals surface area (Å²) in [5, 5.41) is 1.27.